The lowest BCUT2D eigenvalue weighted by Gasteiger charge is -2.20. The van der Waals surface area contributed by atoms with Crippen molar-refractivity contribution < 1.29 is 8.42 Å². The summed E-state index contributed by atoms with van der Waals surface area (Å²) in [5, 5.41) is 3.00. The first-order valence-electron chi connectivity index (χ1n) is 5.46. The highest BCUT2D eigenvalue weighted by Crippen LogP contribution is 1.99. The monoisotopic (exact) mass is 236 g/mol. The maximum atomic E-state index is 11.2. The molecule has 0 fully saturated rings. The van der Waals surface area contributed by atoms with Gasteiger partial charge < -0.3 is 10.2 Å². The van der Waals surface area contributed by atoms with E-state index in [9.17, 15) is 8.42 Å². The molecule has 0 aromatic heterocycles. The van der Waals surface area contributed by atoms with Crippen LogP contribution in [0.2, 0.25) is 0 Å². The normalized spacial score (nSPS) is 14.5. The Morgan fingerprint density at radius 1 is 1.33 bits per heavy atom. The van der Waals surface area contributed by atoms with Gasteiger partial charge in [-0.3, -0.25) is 0 Å². The summed E-state index contributed by atoms with van der Waals surface area (Å²) < 4.78 is 22.4. The van der Waals surface area contributed by atoms with Crippen molar-refractivity contribution >= 4 is 9.84 Å². The number of nitrogens with zero attached hydrogens (tertiary/aromatic N) is 1. The van der Waals surface area contributed by atoms with Crippen LogP contribution in [0.1, 0.15) is 20.3 Å². The molecule has 0 bridgehead atoms. The summed E-state index contributed by atoms with van der Waals surface area (Å²) in [6.07, 6.45) is 2.42. The average Bonchev–Trinajstić information content (AvgIpc) is 2.11. The second-order valence-corrected chi connectivity index (χ2v) is 6.62. The smallest absolute Gasteiger partial charge is 0.151 e. The van der Waals surface area contributed by atoms with Crippen LogP contribution in [-0.2, 0) is 9.84 Å². The zero-order chi connectivity index (χ0) is 11.9. The predicted molar refractivity (Wildman–Crippen MR) is 65.0 cm³/mol. The largest absolute Gasteiger partial charge is 0.315 e. The van der Waals surface area contributed by atoms with E-state index in [1.807, 2.05) is 11.9 Å². The molecule has 4 nitrogen and oxygen atoms in total. The first-order chi connectivity index (χ1) is 6.88. The number of likely N-dealkylation sites (N-methyl/N-ethyl adjacent to an activating group) is 1. The fraction of sp³-hybridized carbons (Fsp3) is 1.00. The summed E-state index contributed by atoms with van der Waals surface area (Å²) in [4.78, 5) is 2.05. The van der Waals surface area contributed by atoms with E-state index in [2.05, 4.69) is 12.2 Å². The number of nitrogens with one attached hydrogen (secondary N) is 1. The van der Waals surface area contributed by atoms with Crippen molar-refractivity contribution in [3.8, 4) is 0 Å². The van der Waals surface area contributed by atoms with Crippen molar-refractivity contribution in [2.45, 2.75) is 25.5 Å². The SMILES string of the molecule is CCCNCCN(C)CC(C)S(C)(=O)=O. The Balaban J connectivity index is 3.70. The quantitative estimate of drug-likeness (QED) is 0.618. The van der Waals surface area contributed by atoms with E-state index in [1.165, 1.54) is 6.26 Å². The van der Waals surface area contributed by atoms with Crippen LogP contribution < -0.4 is 5.32 Å². The van der Waals surface area contributed by atoms with Crippen molar-refractivity contribution in [3.63, 3.8) is 0 Å². The standard InChI is InChI=1S/C10H24N2O2S/c1-5-6-11-7-8-12(3)9-10(2)15(4,13)14/h10-11H,5-9H2,1-4H3. The molecule has 5 heteroatoms. The predicted octanol–water partition coefficient (Wildman–Crippen LogP) is 0.351. The van der Waals surface area contributed by atoms with E-state index in [-0.39, 0.29) is 5.25 Å². The van der Waals surface area contributed by atoms with Gasteiger partial charge in [0.2, 0.25) is 0 Å². The first kappa shape index (κ1) is 14.9. The summed E-state index contributed by atoms with van der Waals surface area (Å²) in [6, 6.07) is 0. The highest BCUT2D eigenvalue weighted by atomic mass is 32.2. The Morgan fingerprint density at radius 2 is 1.93 bits per heavy atom. The molecule has 92 valence electrons. The molecule has 0 saturated carbocycles. The Labute approximate surface area is 94.0 Å². The molecule has 1 unspecified atom stereocenters. The zero-order valence-electron chi connectivity index (χ0n) is 10.3. The lowest BCUT2D eigenvalue weighted by molar-refractivity contribution is 0.332. The van der Waals surface area contributed by atoms with Gasteiger partial charge in [0.1, 0.15) is 0 Å². The van der Waals surface area contributed by atoms with Gasteiger partial charge in [0.05, 0.1) is 5.25 Å². The molecule has 0 spiro atoms. The molecule has 0 amide bonds. The topological polar surface area (TPSA) is 49.4 Å². The number of hydrogen-bond acceptors (Lipinski definition) is 4. The van der Waals surface area contributed by atoms with Crippen molar-refractivity contribution in [3.05, 3.63) is 0 Å². The number of hydrogen-bond donors (Lipinski definition) is 1. The van der Waals surface area contributed by atoms with E-state index in [0.717, 1.165) is 26.1 Å². The van der Waals surface area contributed by atoms with Crippen molar-refractivity contribution in [2.24, 2.45) is 0 Å². The minimum Gasteiger partial charge on any atom is -0.315 e. The molecule has 0 aromatic carbocycles. The van der Waals surface area contributed by atoms with Crippen LogP contribution >= 0.6 is 0 Å². The molecule has 1 atom stereocenters. The van der Waals surface area contributed by atoms with Gasteiger partial charge >= 0.3 is 0 Å². The molecular formula is C10H24N2O2S. The lowest BCUT2D eigenvalue weighted by atomic mass is 10.4. The molecule has 15 heavy (non-hydrogen) atoms. The zero-order valence-corrected chi connectivity index (χ0v) is 11.1. The van der Waals surface area contributed by atoms with E-state index < -0.39 is 9.84 Å². The van der Waals surface area contributed by atoms with Crippen molar-refractivity contribution in [2.75, 3.05) is 39.5 Å². The van der Waals surface area contributed by atoms with Gasteiger partial charge in [-0.2, -0.15) is 0 Å². The fourth-order valence-electron chi connectivity index (χ4n) is 1.24. The molecular weight excluding hydrogens is 212 g/mol. The molecule has 0 aliphatic heterocycles. The Bertz CT molecular complexity index is 252. The molecule has 0 radical (unpaired) electrons. The first-order valence-corrected chi connectivity index (χ1v) is 7.41. The van der Waals surface area contributed by atoms with E-state index >= 15 is 0 Å². The summed E-state index contributed by atoms with van der Waals surface area (Å²) in [5.41, 5.74) is 0. The Hall–Kier alpha value is -0.130. The second-order valence-electron chi connectivity index (χ2n) is 4.15. The Kier molecular flexibility index (Phi) is 7.13. The molecule has 0 rings (SSSR count). The molecule has 0 aromatic rings. The highest BCUT2D eigenvalue weighted by molar-refractivity contribution is 7.91. The Morgan fingerprint density at radius 3 is 2.40 bits per heavy atom. The van der Waals surface area contributed by atoms with Crippen molar-refractivity contribution in [1.82, 2.24) is 10.2 Å². The maximum absolute atomic E-state index is 11.2. The van der Waals surface area contributed by atoms with Gasteiger partial charge in [-0.25, -0.2) is 8.42 Å². The summed E-state index contributed by atoms with van der Waals surface area (Å²) in [7, 11) is -0.942. The van der Waals surface area contributed by atoms with Gasteiger partial charge in [0, 0.05) is 25.9 Å². The second kappa shape index (κ2) is 7.19. The van der Waals surface area contributed by atoms with Gasteiger partial charge in [-0.15, -0.1) is 0 Å². The van der Waals surface area contributed by atoms with Crippen LogP contribution in [0, 0.1) is 0 Å². The average molecular weight is 236 g/mol. The highest BCUT2D eigenvalue weighted by Gasteiger charge is 2.16. The molecule has 0 saturated heterocycles. The maximum Gasteiger partial charge on any atom is 0.151 e. The van der Waals surface area contributed by atoms with E-state index in [4.69, 9.17) is 0 Å². The summed E-state index contributed by atoms with van der Waals surface area (Å²) in [6.45, 7) is 7.32. The molecule has 0 heterocycles. The van der Waals surface area contributed by atoms with Crippen LogP contribution in [0.15, 0.2) is 0 Å². The van der Waals surface area contributed by atoms with Gasteiger partial charge in [-0.1, -0.05) is 6.92 Å². The minimum atomic E-state index is -2.90. The minimum absolute atomic E-state index is 0.284. The summed E-state index contributed by atoms with van der Waals surface area (Å²) in [5.74, 6) is 0. The molecule has 0 aliphatic carbocycles. The van der Waals surface area contributed by atoms with Gasteiger partial charge in [0.25, 0.3) is 0 Å². The van der Waals surface area contributed by atoms with Crippen molar-refractivity contribution in [1.29, 1.82) is 0 Å². The van der Waals surface area contributed by atoms with Gasteiger partial charge in [-0.05, 0) is 26.9 Å². The van der Waals surface area contributed by atoms with Crippen LogP contribution in [-0.4, -0.2) is 58.1 Å². The van der Waals surface area contributed by atoms with Crippen LogP contribution in [0.3, 0.4) is 0 Å². The molecule has 1 N–H and O–H groups in total. The van der Waals surface area contributed by atoms with E-state index in [1.54, 1.807) is 6.92 Å². The number of rotatable bonds is 8. The van der Waals surface area contributed by atoms with E-state index in [0.29, 0.717) is 6.54 Å². The van der Waals surface area contributed by atoms with Crippen LogP contribution in [0.25, 0.3) is 0 Å². The lowest BCUT2D eigenvalue weighted by Crippen LogP contribution is -2.36. The third-order valence-electron chi connectivity index (χ3n) is 2.40. The fourth-order valence-corrected chi connectivity index (χ4v) is 1.76. The summed E-state index contributed by atoms with van der Waals surface area (Å²) >= 11 is 0. The molecule has 0 aliphatic rings. The van der Waals surface area contributed by atoms with Crippen LogP contribution in [0.4, 0.5) is 0 Å². The number of sulfone groups is 1. The third kappa shape index (κ3) is 7.76. The van der Waals surface area contributed by atoms with Crippen LogP contribution in [0.5, 0.6) is 0 Å². The third-order valence-corrected chi connectivity index (χ3v) is 4.01. The van der Waals surface area contributed by atoms with Gasteiger partial charge in [0.15, 0.2) is 9.84 Å².